The van der Waals surface area contributed by atoms with Crippen LogP contribution in [0.2, 0.25) is 0 Å². The maximum Gasteiger partial charge on any atom is 0.0717 e. The molecule has 0 spiro atoms. The highest BCUT2D eigenvalue weighted by Gasteiger charge is 2.30. The first-order valence-corrected chi connectivity index (χ1v) is 12.2. The summed E-state index contributed by atoms with van der Waals surface area (Å²) in [5.41, 5.74) is 2.77. The van der Waals surface area contributed by atoms with Crippen LogP contribution < -0.4 is 0 Å². The Morgan fingerprint density at radius 3 is 2.14 bits per heavy atom. The zero-order valence-corrected chi connectivity index (χ0v) is 18.7. The third kappa shape index (κ3) is 7.45. The van der Waals surface area contributed by atoms with Gasteiger partial charge in [-0.2, -0.15) is 0 Å². The highest BCUT2D eigenvalue weighted by molar-refractivity contribution is 5.22. The van der Waals surface area contributed by atoms with Gasteiger partial charge in [0.2, 0.25) is 0 Å². The van der Waals surface area contributed by atoms with Crippen molar-refractivity contribution in [1.82, 2.24) is 0 Å². The summed E-state index contributed by atoms with van der Waals surface area (Å²) in [5.74, 6) is 3.88. The first kappa shape index (κ1) is 22.3. The van der Waals surface area contributed by atoms with Gasteiger partial charge >= 0.3 is 0 Å². The van der Waals surface area contributed by atoms with Gasteiger partial charge in [-0.15, -0.1) is 6.58 Å². The summed E-state index contributed by atoms with van der Waals surface area (Å²) in [5, 5.41) is 0. The molecule has 2 aliphatic carbocycles. The van der Waals surface area contributed by atoms with Crippen molar-refractivity contribution < 1.29 is 4.74 Å². The van der Waals surface area contributed by atoms with Crippen molar-refractivity contribution in [1.29, 1.82) is 0 Å². The van der Waals surface area contributed by atoms with Crippen molar-refractivity contribution >= 4 is 0 Å². The summed E-state index contributed by atoms with van der Waals surface area (Å²) in [6, 6.07) is 9.09. The summed E-state index contributed by atoms with van der Waals surface area (Å²) in [6.45, 7) is 7.38. The molecule has 160 valence electrons. The predicted octanol–water partition coefficient (Wildman–Crippen LogP) is 7.90. The Kier molecular flexibility index (Phi) is 9.54. The fourth-order valence-electron chi connectivity index (χ4n) is 5.56. The van der Waals surface area contributed by atoms with Crippen LogP contribution in [0, 0.1) is 23.7 Å². The highest BCUT2D eigenvalue weighted by atomic mass is 16.5. The molecule has 0 bridgehead atoms. The number of hydrogen-bond acceptors (Lipinski definition) is 1. The van der Waals surface area contributed by atoms with Crippen molar-refractivity contribution in [3.05, 3.63) is 60.2 Å². The second-order valence-electron chi connectivity index (χ2n) is 9.47. The van der Waals surface area contributed by atoms with E-state index in [9.17, 15) is 0 Å². The molecule has 3 rings (SSSR count). The van der Waals surface area contributed by atoms with E-state index in [2.05, 4.69) is 49.9 Å². The SMILES string of the molecule is C=CCCOCc1ccc(CCC2CCC(C3CCC(C=CC)CC3)CC2)cc1. The number of rotatable bonds is 10. The average Bonchev–Trinajstić information content (AvgIpc) is 2.77. The lowest BCUT2D eigenvalue weighted by molar-refractivity contribution is 0.125. The number of ether oxygens (including phenoxy) is 1. The fourth-order valence-corrected chi connectivity index (χ4v) is 5.56. The normalized spacial score (nSPS) is 27.9. The highest BCUT2D eigenvalue weighted by Crippen LogP contribution is 2.42. The molecule has 0 amide bonds. The van der Waals surface area contributed by atoms with Crippen molar-refractivity contribution in [2.45, 2.75) is 84.2 Å². The largest absolute Gasteiger partial charge is 0.376 e. The zero-order chi connectivity index (χ0) is 20.3. The van der Waals surface area contributed by atoms with Gasteiger partial charge in [0.1, 0.15) is 0 Å². The van der Waals surface area contributed by atoms with Crippen LogP contribution in [0.4, 0.5) is 0 Å². The Labute approximate surface area is 179 Å². The van der Waals surface area contributed by atoms with Crippen molar-refractivity contribution in [2.24, 2.45) is 23.7 Å². The van der Waals surface area contributed by atoms with Crippen LogP contribution in [0.3, 0.4) is 0 Å². The quantitative estimate of drug-likeness (QED) is 0.289. The summed E-state index contributed by atoms with van der Waals surface area (Å²) >= 11 is 0. The first-order chi connectivity index (χ1) is 14.3. The molecule has 2 saturated carbocycles. The molecule has 1 nitrogen and oxygen atoms in total. The summed E-state index contributed by atoms with van der Waals surface area (Å²) in [7, 11) is 0. The first-order valence-electron chi connectivity index (χ1n) is 12.2. The third-order valence-corrected chi connectivity index (χ3v) is 7.44. The Bertz CT molecular complexity index is 598. The maximum absolute atomic E-state index is 5.66. The van der Waals surface area contributed by atoms with Crippen LogP contribution >= 0.6 is 0 Å². The predicted molar refractivity (Wildman–Crippen MR) is 125 cm³/mol. The maximum atomic E-state index is 5.66. The Hall–Kier alpha value is -1.34. The second-order valence-corrected chi connectivity index (χ2v) is 9.47. The van der Waals surface area contributed by atoms with Gasteiger partial charge in [0, 0.05) is 0 Å². The van der Waals surface area contributed by atoms with Crippen molar-refractivity contribution in [3.63, 3.8) is 0 Å². The van der Waals surface area contributed by atoms with Crippen LogP contribution in [0.15, 0.2) is 49.1 Å². The van der Waals surface area contributed by atoms with Gasteiger partial charge in [0.25, 0.3) is 0 Å². The van der Waals surface area contributed by atoms with E-state index in [4.69, 9.17) is 4.74 Å². The van der Waals surface area contributed by atoms with Crippen LogP contribution in [0.1, 0.15) is 82.3 Å². The molecule has 0 N–H and O–H groups in total. The molecule has 2 fully saturated rings. The molecule has 0 heterocycles. The topological polar surface area (TPSA) is 9.23 Å². The molecular weight excluding hydrogens is 352 g/mol. The van der Waals surface area contributed by atoms with E-state index in [0.717, 1.165) is 43.3 Å². The standard InChI is InChI=1S/C28H42O/c1-3-5-21-29-22-26-11-9-24(10-12-26)7-8-25-15-19-28(20-16-25)27-17-13-23(6-4-2)14-18-27/h3-4,6,9-12,23,25,27-28H,1,5,7-8,13-22H2,2H3. The molecule has 0 unspecified atom stereocenters. The lowest BCUT2D eigenvalue weighted by Crippen LogP contribution is -2.25. The molecule has 0 atom stereocenters. The summed E-state index contributed by atoms with van der Waals surface area (Å²) in [4.78, 5) is 0. The molecule has 1 aromatic rings. The van der Waals surface area contributed by atoms with Gasteiger partial charge in [-0.25, -0.2) is 0 Å². The van der Waals surface area contributed by atoms with Gasteiger partial charge in [-0.3, -0.25) is 0 Å². The molecule has 0 aromatic heterocycles. The summed E-state index contributed by atoms with van der Waals surface area (Å²) < 4.78 is 5.66. The van der Waals surface area contributed by atoms with E-state index in [1.165, 1.54) is 75.3 Å². The lowest BCUT2D eigenvalue weighted by Gasteiger charge is -2.37. The van der Waals surface area contributed by atoms with Crippen LogP contribution in [-0.4, -0.2) is 6.61 Å². The van der Waals surface area contributed by atoms with Crippen molar-refractivity contribution in [2.75, 3.05) is 6.61 Å². The van der Waals surface area contributed by atoms with Crippen LogP contribution in [0.5, 0.6) is 0 Å². The molecule has 1 aromatic carbocycles. The molecule has 1 heteroatoms. The van der Waals surface area contributed by atoms with E-state index in [0.29, 0.717) is 0 Å². The van der Waals surface area contributed by atoms with E-state index in [1.807, 2.05) is 6.08 Å². The second kappa shape index (κ2) is 12.4. The number of hydrogen-bond donors (Lipinski definition) is 0. The fraction of sp³-hybridized carbons (Fsp3) is 0.643. The monoisotopic (exact) mass is 394 g/mol. The lowest BCUT2D eigenvalue weighted by atomic mass is 9.68. The molecule has 0 aliphatic heterocycles. The minimum atomic E-state index is 0.717. The van der Waals surface area contributed by atoms with Gasteiger partial charge < -0.3 is 4.74 Å². The molecule has 0 saturated heterocycles. The van der Waals surface area contributed by atoms with Crippen molar-refractivity contribution in [3.8, 4) is 0 Å². The minimum absolute atomic E-state index is 0.717. The van der Waals surface area contributed by atoms with Gasteiger partial charge in [0.05, 0.1) is 13.2 Å². The summed E-state index contributed by atoms with van der Waals surface area (Å²) in [6.07, 6.45) is 21.9. The van der Waals surface area contributed by atoms with E-state index in [1.54, 1.807) is 0 Å². The smallest absolute Gasteiger partial charge is 0.0717 e. The van der Waals surface area contributed by atoms with E-state index in [-0.39, 0.29) is 0 Å². The third-order valence-electron chi connectivity index (χ3n) is 7.44. The number of allylic oxidation sites excluding steroid dienone is 2. The minimum Gasteiger partial charge on any atom is -0.376 e. The van der Waals surface area contributed by atoms with E-state index >= 15 is 0 Å². The van der Waals surface area contributed by atoms with Crippen LogP contribution in [-0.2, 0) is 17.8 Å². The van der Waals surface area contributed by atoms with Crippen LogP contribution in [0.25, 0.3) is 0 Å². The average molecular weight is 395 g/mol. The van der Waals surface area contributed by atoms with Gasteiger partial charge in [-0.05, 0) is 99.5 Å². The molecule has 2 aliphatic rings. The zero-order valence-electron chi connectivity index (χ0n) is 18.7. The Morgan fingerprint density at radius 1 is 0.897 bits per heavy atom. The molecular formula is C28H42O. The number of aryl methyl sites for hydroxylation is 1. The van der Waals surface area contributed by atoms with E-state index < -0.39 is 0 Å². The van der Waals surface area contributed by atoms with Gasteiger partial charge in [0.15, 0.2) is 0 Å². The Balaban J connectivity index is 1.32. The number of benzene rings is 1. The molecule has 0 radical (unpaired) electrons. The Morgan fingerprint density at radius 2 is 1.52 bits per heavy atom. The molecule has 29 heavy (non-hydrogen) atoms. The van der Waals surface area contributed by atoms with Gasteiger partial charge in [-0.1, -0.05) is 55.3 Å².